The third-order valence-electron chi connectivity index (χ3n) is 4.11. The van der Waals surface area contributed by atoms with Crippen molar-refractivity contribution in [2.45, 2.75) is 38.4 Å². The molecule has 1 aliphatic rings. The number of hydrogen-bond acceptors (Lipinski definition) is 3. The van der Waals surface area contributed by atoms with E-state index in [0.29, 0.717) is 5.92 Å². The number of aliphatic hydroxyl groups is 2. The Morgan fingerprint density at radius 3 is 2.63 bits per heavy atom. The Labute approximate surface area is 115 Å². The molecule has 2 N–H and O–H groups in total. The predicted octanol–water partition coefficient (Wildman–Crippen LogP) is 2.12. The normalized spacial score (nSPS) is 24.3. The van der Waals surface area contributed by atoms with Crippen LogP contribution in [0.3, 0.4) is 0 Å². The van der Waals surface area contributed by atoms with E-state index in [1.54, 1.807) is 0 Å². The summed E-state index contributed by atoms with van der Waals surface area (Å²) in [5, 5.41) is 19.5. The third-order valence-corrected chi connectivity index (χ3v) is 4.11. The molecule has 0 saturated heterocycles. The molecule has 19 heavy (non-hydrogen) atoms. The van der Waals surface area contributed by atoms with Gasteiger partial charge in [-0.1, -0.05) is 24.3 Å². The highest BCUT2D eigenvalue weighted by atomic mass is 16.3. The molecular weight excluding hydrogens is 238 g/mol. The van der Waals surface area contributed by atoms with Gasteiger partial charge in [0.2, 0.25) is 0 Å². The first-order chi connectivity index (χ1) is 9.06. The number of rotatable bonds is 6. The Morgan fingerprint density at radius 1 is 1.32 bits per heavy atom. The van der Waals surface area contributed by atoms with Gasteiger partial charge >= 0.3 is 0 Å². The molecule has 3 nitrogen and oxygen atoms in total. The topological polar surface area (TPSA) is 43.7 Å². The van der Waals surface area contributed by atoms with Gasteiger partial charge in [-0.2, -0.15) is 0 Å². The van der Waals surface area contributed by atoms with Crippen LogP contribution in [0.1, 0.15) is 36.5 Å². The highest BCUT2D eigenvalue weighted by Gasteiger charge is 2.27. The molecule has 1 aromatic rings. The summed E-state index contributed by atoms with van der Waals surface area (Å²) in [7, 11) is 2.09. The summed E-state index contributed by atoms with van der Waals surface area (Å²) in [6.45, 7) is 3.96. The van der Waals surface area contributed by atoms with Crippen molar-refractivity contribution in [1.29, 1.82) is 0 Å². The summed E-state index contributed by atoms with van der Waals surface area (Å²) in [6, 6.07) is 8.02. The minimum absolute atomic E-state index is 0.0732. The van der Waals surface area contributed by atoms with Gasteiger partial charge in [0.25, 0.3) is 0 Å². The van der Waals surface area contributed by atoms with Crippen molar-refractivity contribution >= 4 is 0 Å². The van der Waals surface area contributed by atoms with E-state index in [4.69, 9.17) is 0 Å². The first-order valence-corrected chi connectivity index (χ1v) is 7.16. The SMILES string of the molecule is Cc1ccccc1C(O)CCN(C)CC1CC(O)C1. The van der Waals surface area contributed by atoms with Crippen LogP contribution >= 0.6 is 0 Å². The monoisotopic (exact) mass is 263 g/mol. The maximum absolute atomic E-state index is 10.2. The largest absolute Gasteiger partial charge is 0.393 e. The lowest BCUT2D eigenvalue weighted by molar-refractivity contribution is 0.0262. The molecule has 1 unspecified atom stereocenters. The third kappa shape index (κ3) is 4.03. The first-order valence-electron chi connectivity index (χ1n) is 7.16. The van der Waals surface area contributed by atoms with E-state index in [9.17, 15) is 10.2 Å². The number of benzene rings is 1. The molecule has 3 heteroatoms. The van der Waals surface area contributed by atoms with Crippen molar-refractivity contribution in [2.75, 3.05) is 20.1 Å². The van der Waals surface area contributed by atoms with E-state index >= 15 is 0 Å². The van der Waals surface area contributed by atoms with Gasteiger partial charge in [0.15, 0.2) is 0 Å². The average molecular weight is 263 g/mol. The second kappa shape index (κ2) is 6.51. The molecule has 0 aromatic heterocycles. The van der Waals surface area contributed by atoms with E-state index in [1.807, 2.05) is 31.2 Å². The predicted molar refractivity (Wildman–Crippen MR) is 77.0 cm³/mol. The summed E-state index contributed by atoms with van der Waals surface area (Å²) in [5.74, 6) is 0.635. The highest BCUT2D eigenvalue weighted by Crippen LogP contribution is 2.28. The van der Waals surface area contributed by atoms with Gasteiger partial charge in [-0.05, 0) is 50.3 Å². The van der Waals surface area contributed by atoms with Crippen molar-refractivity contribution in [3.8, 4) is 0 Å². The van der Waals surface area contributed by atoms with Crippen LogP contribution in [0.15, 0.2) is 24.3 Å². The summed E-state index contributed by atoms with van der Waals surface area (Å²) >= 11 is 0. The van der Waals surface area contributed by atoms with Crippen molar-refractivity contribution in [2.24, 2.45) is 5.92 Å². The zero-order valence-corrected chi connectivity index (χ0v) is 11.9. The van der Waals surface area contributed by atoms with Crippen LogP contribution in [0.25, 0.3) is 0 Å². The van der Waals surface area contributed by atoms with Gasteiger partial charge in [0, 0.05) is 13.1 Å². The summed E-state index contributed by atoms with van der Waals surface area (Å²) in [5.41, 5.74) is 2.19. The van der Waals surface area contributed by atoms with Crippen LogP contribution in [-0.2, 0) is 0 Å². The van der Waals surface area contributed by atoms with Crippen molar-refractivity contribution in [1.82, 2.24) is 4.90 Å². The zero-order valence-electron chi connectivity index (χ0n) is 11.9. The molecule has 1 aliphatic carbocycles. The molecule has 0 bridgehead atoms. The Balaban J connectivity index is 1.74. The number of nitrogens with zero attached hydrogens (tertiary/aromatic N) is 1. The molecule has 0 heterocycles. The minimum Gasteiger partial charge on any atom is -0.393 e. The minimum atomic E-state index is -0.379. The van der Waals surface area contributed by atoms with Crippen LogP contribution in [-0.4, -0.2) is 41.4 Å². The number of aryl methyl sites for hydroxylation is 1. The molecule has 0 amide bonds. The highest BCUT2D eigenvalue weighted by molar-refractivity contribution is 5.27. The standard InChI is InChI=1S/C16H25NO2/c1-12-5-3-4-6-15(12)16(19)7-8-17(2)11-13-9-14(18)10-13/h3-6,13-14,16,18-19H,7-11H2,1-2H3. The van der Waals surface area contributed by atoms with Crippen LogP contribution in [0, 0.1) is 12.8 Å². The Kier molecular flexibility index (Phi) is 4.97. The Morgan fingerprint density at radius 2 is 2.00 bits per heavy atom. The second-order valence-corrected chi connectivity index (χ2v) is 5.91. The van der Waals surface area contributed by atoms with Gasteiger partial charge in [-0.3, -0.25) is 0 Å². The molecule has 106 valence electrons. The van der Waals surface area contributed by atoms with Gasteiger partial charge in [-0.25, -0.2) is 0 Å². The lowest BCUT2D eigenvalue weighted by Crippen LogP contribution is -2.37. The van der Waals surface area contributed by atoms with Crippen molar-refractivity contribution in [3.05, 3.63) is 35.4 Å². The summed E-state index contributed by atoms with van der Waals surface area (Å²) in [4.78, 5) is 2.26. The zero-order chi connectivity index (χ0) is 13.8. The van der Waals surface area contributed by atoms with Crippen LogP contribution in [0.4, 0.5) is 0 Å². The molecule has 0 spiro atoms. The molecule has 0 radical (unpaired) electrons. The number of aliphatic hydroxyl groups excluding tert-OH is 2. The van der Waals surface area contributed by atoms with Crippen molar-refractivity contribution < 1.29 is 10.2 Å². The first kappa shape index (κ1) is 14.5. The lowest BCUT2D eigenvalue weighted by atomic mass is 9.82. The van der Waals surface area contributed by atoms with Crippen LogP contribution in [0.5, 0.6) is 0 Å². The second-order valence-electron chi connectivity index (χ2n) is 5.91. The van der Waals surface area contributed by atoms with Crippen LogP contribution < -0.4 is 0 Å². The molecule has 1 atom stereocenters. The summed E-state index contributed by atoms with van der Waals surface area (Å²) in [6.07, 6.45) is 2.18. The fourth-order valence-corrected chi connectivity index (χ4v) is 2.84. The smallest absolute Gasteiger partial charge is 0.0804 e. The van der Waals surface area contributed by atoms with Gasteiger partial charge in [0.05, 0.1) is 12.2 Å². The molecule has 2 rings (SSSR count). The Bertz CT molecular complexity index is 401. The molecule has 1 aromatic carbocycles. The lowest BCUT2D eigenvalue weighted by Gasteiger charge is -2.34. The van der Waals surface area contributed by atoms with E-state index in [2.05, 4.69) is 11.9 Å². The van der Waals surface area contributed by atoms with E-state index in [1.165, 1.54) is 0 Å². The van der Waals surface area contributed by atoms with Gasteiger partial charge in [-0.15, -0.1) is 0 Å². The molecule has 1 fully saturated rings. The van der Waals surface area contributed by atoms with Gasteiger partial charge in [0.1, 0.15) is 0 Å². The summed E-state index contributed by atoms with van der Waals surface area (Å²) < 4.78 is 0. The maximum atomic E-state index is 10.2. The molecule has 1 saturated carbocycles. The van der Waals surface area contributed by atoms with Gasteiger partial charge < -0.3 is 15.1 Å². The Hall–Kier alpha value is -0.900. The van der Waals surface area contributed by atoms with E-state index in [-0.39, 0.29) is 12.2 Å². The van der Waals surface area contributed by atoms with E-state index in [0.717, 1.165) is 43.5 Å². The van der Waals surface area contributed by atoms with Crippen molar-refractivity contribution in [3.63, 3.8) is 0 Å². The fraction of sp³-hybridized carbons (Fsp3) is 0.625. The molecule has 0 aliphatic heterocycles. The number of hydrogen-bond donors (Lipinski definition) is 2. The molecular formula is C16H25NO2. The fourth-order valence-electron chi connectivity index (χ4n) is 2.84. The van der Waals surface area contributed by atoms with Crippen LogP contribution in [0.2, 0.25) is 0 Å². The average Bonchev–Trinajstić information content (AvgIpc) is 2.35. The quantitative estimate of drug-likeness (QED) is 0.826. The van der Waals surface area contributed by atoms with E-state index < -0.39 is 0 Å². The maximum Gasteiger partial charge on any atom is 0.0804 e.